The molecule has 2 unspecified atom stereocenters. The Hall–Kier alpha value is -0.705. The minimum Gasteiger partial charge on any atom is -0.480 e. The highest BCUT2D eigenvalue weighted by molar-refractivity contribution is 6.40. The molecule has 0 aromatic rings. The van der Waals surface area contributed by atoms with Gasteiger partial charge >= 0.3 is 13.1 Å². The van der Waals surface area contributed by atoms with E-state index in [0.717, 1.165) is 0 Å². The van der Waals surface area contributed by atoms with E-state index in [4.69, 9.17) is 21.5 Å². The monoisotopic (exact) mass is 275 g/mol. The number of rotatable bonds is 7. The molecule has 0 aliphatic carbocycles. The Labute approximate surface area is 112 Å². The Morgan fingerprint density at radius 3 is 2.63 bits per heavy atom. The zero-order valence-corrected chi connectivity index (χ0v) is 10.8. The number of carbonyl (C=O) groups is 1. The molecule has 0 amide bonds. The highest BCUT2D eigenvalue weighted by atomic mass is 16.4. The standard InChI is InChI=1S/C10H22BN3O5/c12-4-8(15)14-5-7(2-1-3-11(18)19)10(13,6-14)9(16)17/h7-8,15,18-19H,1-6,12-13H2,(H,16,17)/t7?,8?,10-/m0/s1. The molecule has 0 saturated carbocycles. The predicted molar refractivity (Wildman–Crippen MR) is 68.9 cm³/mol. The lowest BCUT2D eigenvalue weighted by Crippen LogP contribution is -2.55. The molecule has 1 heterocycles. The number of nitrogens with two attached hydrogens (primary N) is 2. The maximum Gasteiger partial charge on any atom is 0.451 e. The average Bonchev–Trinajstić information content (AvgIpc) is 2.67. The van der Waals surface area contributed by atoms with E-state index in [9.17, 15) is 15.0 Å². The molecule has 8 nitrogen and oxygen atoms in total. The van der Waals surface area contributed by atoms with Crippen molar-refractivity contribution in [1.82, 2.24) is 4.90 Å². The van der Waals surface area contributed by atoms with Gasteiger partial charge in [0.25, 0.3) is 0 Å². The first-order chi connectivity index (χ1) is 8.81. The number of aliphatic hydroxyl groups excluding tert-OH is 1. The van der Waals surface area contributed by atoms with Gasteiger partial charge < -0.3 is 31.7 Å². The summed E-state index contributed by atoms with van der Waals surface area (Å²) in [6.45, 7) is 0.382. The van der Waals surface area contributed by atoms with Gasteiger partial charge in [-0.15, -0.1) is 0 Å². The lowest BCUT2D eigenvalue weighted by Gasteiger charge is -2.26. The third-order valence-corrected chi connectivity index (χ3v) is 3.69. The quantitative estimate of drug-likeness (QED) is 0.273. The van der Waals surface area contributed by atoms with Gasteiger partial charge in [-0.3, -0.25) is 9.69 Å². The maximum absolute atomic E-state index is 11.3. The Bertz CT molecular complexity index is 320. The summed E-state index contributed by atoms with van der Waals surface area (Å²) in [4.78, 5) is 12.9. The van der Waals surface area contributed by atoms with Crippen molar-refractivity contribution in [1.29, 1.82) is 0 Å². The predicted octanol–water partition coefficient (Wildman–Crippen LogP) is -2.77. The second-order valence-corrected chi connectivity index (χ2v) is 5.10. The van der Waals surface area contributed by atoms with E-state index >= 15 is 0 Å². The maximum atomic E-state index is 11.3. The van der Waals surface area contributed by atoms with Crippen molar-refractivity contribution in [2.24, 2.45) is 17.4 Å². The number of hydrogen-bond donors (Lipinski definition) is 6. The van der Waals surface area contributed by atoms with Crippen LogP contribution >= 0.6 is 0 Å². The Balaban J connectivity index is 2.67. The van der Waals surface area contributed by atoms with Crippen molar-refractivity contribution in [3.8, 4) is 0 Å². The molecule has 8 N–H and O–H groups in total. The normalized spacial score (nSPS) is 29.4. The Kier molecular flexibility index (Phi) is 5.72. The van der Waals surface area contributed by atoms with Crippen LogP contribution in [-0.4, -0.2) is 69.6 Å². The molecule has 19 heavy (non-hydrogen) atoms. The van der Waals surface area contributed by atoms with Crippen LogP contribution in [0.3, 0.4) is 0 Å². The number of hydrogen-bond acceptors (Lipinski definition) is 7. The summed E-state index contributed by atoms with van der Waals surface area (Å²) in [5.74, 6) is -1.47. The van der Waals surface area contributed by atoms with Gasteiger partial charge in [-0.25, -0.2) is 0 Å². The van der Waals surface area contributed by atoms with E-state index in [1.807, 2.05) is 0 Å². The fraction of sp³-hybridized carbons (Fsp3) is 0.900. The molecule has 9 heteroatoms. The van der Waals surface area contributed by atoms with E-state index < -0.39 is 24.9 Å². The molecule has 0 bridgehead atoms. The minimum absolute atomic E-state index is 0.0117. The third-order valence-electron chi connectivity index (χ3n) is 3.69. The van der Waals surface area contributed by atoms with Crippen LogP contribution in [0.1, 0.15) is 12.8 Å². The lowest BCUT2D eigenvalue weighted by molar-refractivity contribution is -0.144. The van der Waals surface area contributed by atoms with Gasteiger partial charge in [-0.2, -0.15) is 0 Å². The summed E-state index contributed by atoms with van der Waals surface area (Å²) in [7, 11) is -1.40. The van der Waals surface area contributed by atoms with Crippen LogP contribution in [0, 0.1) is 5.92 Å². The summed E-state index contributed by atoms with van der Waals surface area (Å²) >= 11 is 0. The Morgan fingerprint density at radius 2 is 2.16 bits per heavy atom. The number of carboxylic acid groups (broad SMARTS) is 1. The molecular formula is C10H22BN3O5. The first-order valence-electron chi connectivity index (χ1n) is 6.32. The summed E-state index contributed by atoms with van der Waals surface area (Å²) < 4.78 is 0. The van der Waals surface area contributed by atoms with Crippen LogP contribution in [0.25, 0.3) is 0 Å². The van der Waals surface area contributed by atoms with E-state index in [0.29, 0.717) is 19.4 Å². The molecule has 110 valence electrons. The van der Waals surface area contributed by atoms with Gasteiger partial charge in [0.15, 0.2) is 0 Å². The molecule has 1 aliphatic rings. The highest BCUT2D eigenvalue weighted by Crippen LogP contribution is 2.31. The SMILES string of the molecule is NCC(O)N1CC(CCCB(O)O)[C@](N)(C(=O)O)C1. The van der Waals surface area contributed by atoms with Crippen LogP contribution in [0.15, 0.2) is 0 Å². The van der Waals surface area contributed by atoms with Crippen LogP contribution < -0.4 is 11.5 Å². The number of aliphatic hydroxyl groups is 1. The van der Waals surface area contributed by atoms with Crippen LogP contribution in [0.5, 0.6) is 0 Å². The third kappa shape index (κ3) is 3.88. The largest absolute Gasteiger partial charge is 0.480 e. The van der Waals surface area contributed by atoms with Gasteiger partial charge in [-0.05, 0) is 12.7 Å². The second kappa shape index (κ2) is 6.64. The van der Waals surface area contributed by atoms with Gasteiger partial charge in [0, 0.05) is 25.6 Å². The second-order valence-electron chi connectivity index (χ2n) is 5.10. The summed E-state index contributed by atoms with van der Waals surface area (Å²) in [5.41, 5.74) is 9.85. The first-order valence-corrected chi connectivity index (χ1v) is 6.32. The van der Waals surface area contributed by atoms with Gasteiger partial charge in [-0.1, -0.05) is 6.42 Å². The van der Waals surface area contributed by atoms with E-state index in [-0.39, 0.29) is 25.3 Å². The fourth-order valence-electron chi connectivity index (χ4n) is 2.49. The van der Waals surface area contributed by atoms with Crippen LogP contribution in [0.4, 0.5) is 0 Å². The topological polar surface area (TPSA) is 153 Å². The molecule has 1 rings (SSSR count). The number of nitrogens with zero attached hydrogens (tertiary/aromatic N) is 1. The summed E-state index contributed by atoms with van der Waals surface area (Å²) in [6, 6.07) is 0. The molecule has 3 atom stereocenters. The van der Waals surface area contributed by atoms with Gasteiger partial charge in [0.2, 0.25) is 0 Å². The minimum atomic E-state index is -1.43. The molecule has 0 aromatic carbocycles. The van der Waals surface area contributed by atoms with Crippen LogP contribution in [-0.2, 0) is 4.79 Å². The summed E-state index contributed by atoms with van der Waals surface area (Å²) in [6.07, 6.45) is 0.178. The molecular weight excluding hydrogens is 253 g/mol. The summed E-state index contributed by atoms with van der Waals surface area (Å²) in [5, 5.41) is 36.5. The van der Waals surface area contributed by atoms with Crippen molar-refractivity contribution in [2.75, 3.05) is 19.6 Å². The lowest BCUT2D eigenvalue weighted by atomic mass is 9.78. The number of likely N-dealkylation sites (tertiary alicyclic amines) is 1. The number of carboxylic acids is 1. The molecule has 1 fully saturated rings. The smallest absolute Gasteiger partial charge is 0.451 e. The molecule has 0 spiro atoms. The van der Waals surface area contributed by atoms with Crippen molar-refractivity contribution in [3.05, 3.63) is 0 Å². The fourth-order valence-corrected chi connectivity index (χ4v) is 2.49. The first kappa shape index (κ1) is 16.3. The zero-order valence-electron chi connectivity index (χ0n) is 10.8. The van der Waals surface area contributed by atoms with Crippen LogP contribution in [0.2, 0.25) is 6.32 Å². The van der Waals surface area contributed by atoms with E-state index in [1.165, 1.54) is 0 Å². The molecule has 0 radical (unpaired) electrons. The molecule has 1 saturated heterocycles. The highest BCUT2D eigenvalue weighted by Gasteiger charge is 2.50. The van der Waals surface area contributed by atoms with Gasteiger partial charge in [0.1, 0.15) is 11.8 Å². The van der Waals surface area contributed by atoms with Gasteiger partial charge in [0.05, 0.1) is 0 Å². The average molecular weight is 275 g/mol. The van der Waals surface area contributed by atoms with Crippen molar-refractivity contribution in [3.63, 3.8) is 0 Å². The van der Waals surface area contributed by atoms with Crippen molar-refractivity contribution < 1.29 is 25.1 Å². The zero-order chi connectivity index (χ0) is 14.6. The molecule has 0 aromatic heterocycles. The molecule has 1 aliphatic heterocycles. The Morgan fingerprint density at radius 1 is 1.53 bits per heavy atom. The van der Waals surface area contributed by atoms with Crippen molar-refractivity contribution in [2.45, 2.75) is 30.9 Å². The van der Waals surface area contributed by atoms with E-state index in [1.54, 1.807) is 4.90 Å². The van der Waals surface area contributed by atoms with Crippen molar-refractivity contribution >= 4 is 13.1 Å². The number of aliphatic carboxylic acids is 1. The van der Waals surface area contributed by atoms with E-state index in [2.05, 4.69) is 0 Å².